The first-order chi connectivity index (χ1) is 30.6. The number of aliphatic hydroxyl groups excluding tert-OH is 8. The quantitative estimate of drug-likeness (QED) is 0.0272. The molecule has 0 radical (unpaired) electrons. The monoisotopic (exact) mass is 898 g/mol. The van der Waals surface area contributed by atoms with Crippen LogP contribution >= 0.6 is 0 Å². The highest BCUT2D eigenvalue weighted by Crippen LogP contribution is 2.30. The van der Waals surface area contributed by atoms with Gasteiger partial charge in [0.15, 0.2) is 12.6 Å². The molecule has 366 valence electrons. The Morgan fingerprint density at radius 1 is 0.571 bits per heavy atom. The Morgan fingerprint density at radius 2 is 1.06 bits per heavy atom. The zero-order chi connectivity index (χ0) is 46.1. The van der Waals surface area contributed by atoms with Crippen LogP contribution in [0.3, 0.4) is 0 Å². The average molecular weight is 898 g/mol. The number of hydrogen-bond acceptors (Lipinski definition) is 13. The van der Waals surface area contributed by atoms with Crippen molar-refractivity contribution >= 4 is 5.91 Å². The van der Waals surface area contributed by atoms with E-state index in [-0.39, 0.29) is 18.9 Å². The summed E-state index contributed by atoms with van der Waals surface area (Å²) in [6.07, 6.45) is 24.5. The number of unbranched alkanes of at least 4 members (excludes halogenated alkanes) is 17. The molecule has 2 rings (SSSR count). The van der Waals surface area contributed by atoms with Gasteiger partial charge in [0, 0.05) is 6.42 Å². The summed E-state index contributed by atoms with van der Waals surface area (Å²) >= 11 is 0. The van der Waals surface area contributed by atoms with Crippen LogP contribution in [0.5, 0.6) is 0 Å². The summed E-state index contributed by atoms with van der Waals surface area (Å²) in [5.41, 5.74) is 0. The Labute approximate surface area is 378 Å². The number of rotatable bonds is 36. The molecule has 2 aliphatic heterocycles. The van der Waals surface area contributed by atoms with Gasteiger partial charge in [0.25, 0.3) is 0 Å². The van der Waals surface area contributed by atoms with Gasteiger partial charge in [-0.25, -0.2) is 0 Å². The highest BCUT2D eigenvalue weighted by molar-refractivity contribution is 5.76. The normalized spacial score (nSPS) is 27.9. The molecule has 0 aromatic rings. The predicted molar refractivity (Wildman–Crippen MR) is 244 cm³/mol. The first-order valence-electron chi connectivity index (χ1n) is 24.4. The minimum Gasteiger partial charge on any atom is -0.394 e. The van der Waals surface area contributed by atoms with Crippen molar-refractivity contribution in [1.29, 1.82) is 0 Å². The first kappa shape index (κ1) is 57.1. The van der Waals surface area contributed by atoms with Gasteiger partial charge in [0.05, 0.1) is 32.0 Å². The smallest absolute Gasteiger partial charge is 0.220 e. The molecule has 2 aliphatic rings. The second-order valence-corrected chi connectivity index (χ2v) is 17.2. The fourth-order valence-electron chi connectivity index (χ4n) is 7.69. The summed E-state index contributed by atoms with van der Waals surface area (Å²) in [7, 11) is 0. The van der Waals surface area contributed by atoms with Crippen molar-refractivity contribution in [3.05, 3.63) is 48.6 Å². The number of nitrogens with one attached hydrogen (secondary N) is 1. The number of carbonyl (C=O) groups excluding carboxylic acids is 1. The molecule has 0 aromatic heterocycles. The Hall–Kier alpha value is -2.05. The zero-order valence-electron chi connectivity index (χ0n) is 38.6. The number of ether oxygens (including phenoxy) is 4. The highest BCUT2D eigenvalue weighted by atomic mass is 16.7. The van der Waals surface area contributed by atoms with E-state index in [0.29, 0.717) is 12.8 Å². The minimum absolute atomic E-state index is 0.259. The van der Waals surface area contributed by atoms with Crippen molar-refractivity contribution in [2.75, 3.05) is 19.8 Å². The topological polar surface area (TPSA) is 228 Å². The number of allylic oxidation sites excluding steroid dienone is 7. The lowest BCUT2D eigenvalue weighted by molar-refractivity contribution is -0.359. The molecule has 12 unspecified atom stereocenters. The van der Waals surface area contributed by atoms with E-state index in [0.717, 1.165) is 51.4 Å². The fraction of sp³-hybridized carbons (Fsp3) is 0.816. The number of amides is 1. The van der Waals surface area contributed by atoms with Crippen molar-refractivity contribution < 1.29 is 64.6 Å². The van der Waals surface area contributed by atoms with E-state index in [1.165, 1.54) is 77.0 Å². The van der Waals surface area contributed by atoms with Gasteiger partial charge < -0.3 is 65.1 Å². The van der Waals surface area contributed by atoms with Crippen LogP contribution < -0.4 is 5.32 Å². The van der Waals surface area contributed by atoms with E-state index in [2.05, 4.69) is 55.6 Å². The molecular formula is C49H87NO13. The molecule has 2 saturated heterocycles. The second-order valence-electron chi connectivity index (χ2n) is 17.2. The van der Waals surface area contributed by atoms with Gasteiger partial charge in [0.2, 0.25) is 5.91 Å². The third-order valence-corrected chi connectivity index (χ3v) is 11.7. The van der Waals surface area contributed by atoms with Gasteiger partial charge in [-0.2, -0.15) is 0 Å². The Kier molecular flexibility index (Phi) is 32.7. The van der Waals surface area contributed by atoms with Crippen molar-refractivity contribution in [3.8, 4) is 0 Å². The SMILES string of the molecule is CCCCC/C=C\C/C=C\CCCCCCCCCCCC(=O)NC(COC1OC(CO)C(OC2OC(CO)C(O)C(O)C2O)C(O)C1O)C(O)/C=C/CC/C=C/CCCCCC. The van der Waals surface area contributed by atoms with Crippen LogP contribution in [0, 0.1) is 0 Å². The maximum Gasteiger partial charge on any atom is 0.220 e. The van der Waals surface area contributed by atoms with Crippen molar-refractivity contribution in [2.45, 2.75) is 235 Å². The molecule has 0 aromatic carbocycles. The van der Waals surface area contributed by atoms with Gasteiger partial charge >= 0.3 is 0 Å². The van der Waals surface area contributed by atoms with E-state index < -0.39 is 86.8 Å². The molecule has 1 amide bonds. The fourth-order valence-corrected chi connectivity index (χ4v) is 7.69. The Bertz CT molecular complexity index is 1250. The Morgan fingerprint density at radius 3 is 1.68 bits per heavy atom. The molecule has 63 heavy (non-hydrogen) atoms. The van der Waals surface area contributed by atoms with Crippen molar-refractivity contribution in [3.63, 3.8) is 0 Å². The molecule has 0 saturated carbocycles. The largest absolute Gasteiger partial charge is 0.394 e. The molecule has 0 spiro atoms. The summed E-state index contributed by atoms with van der Waals surface area (Å²) in [5, 5.41) is 86.5. The minimum atomic E-state index is -1.79. The van der Waals surface area contributed by atoms with Gasteiger partial charge in [-0.3, -0.25) is 4.79 Å². The molecule has 12 atom stereocenters. The standard InChI is InChI=1S/C49H87NO13/c1-3-5-7-9-11-13-15-16-17-18-19-20-21-22-23-25-27-29-31-33-41(54)50-37(38(53)32-30-28-26-24-14-12-10-8-6-4-2)36-60-48-46(59)44(57)47(40(35-52)62-48)63-49-45(58)43(56)42(55)39(34-51)61-49/h11,13-14,16-17,24,30,32,37-40,42-49,51-53,55-59H,3-10,12,15,18-23,25-29,31,33-36H2,1-2H3,(H,50,54)/b13-11-,17-16-,24-14+,32-30+. The van der Waals surface area contributed by atoms with E-state index in [4.69, 9.17) is 18.9 Å². The highest BCUT2D eigenvalue weighted by Gasteiger charge is 2.51. The van der Waals surface area contributed by atoms with E-state index in [1.54, 1.807) is 6.08 Å². The van der Waals surface area contributed by atoms with Crippen LogP contribution in [-0.2, 0) is 23.7 Å². The van der Waals surface area contributed by atoms with Gasteiger partial charge in [-0.15, -0.1) is 0 Å². The van der Waals surface area contributed by atoms with Gasteiger partial charge in [-0.05, 0) is 64.2 Å². The van der Waals surface area contributed by atoms with Crippen LogP contribution in [0.2, 0.25) is 0 Å². The number of hydrogen-bond donors (Lipinski definition) is 9. The summed E-state index contributed by atoms with van der Waals surface area (Å²) in [4.78, 5) is 13.1. The lowest BCUT2D eigenvalue weighted by Gasteiger charge is -2.46. The maximum absolute atomic E-state index is 13.1. The van der Waals surface area contributed by atoms with Gasteiger partial charge in [-0.1, -0.05) is 140 Å². The van der Waals surface area contributed by atoms with Crippen LogP contribution in [0.25, 0.3) is 0 Å². The molecule has 2 fully saturated rings. The van der Waals surface area contributed by atoms with E-state index in [9.17, 15) is 45.6 Å². The molecule has 0 aliphatic carbocycles. The van der Waals surface area contributed by atoms with Crippen LogP contribution in [0.15, 0.2) is 48.6 Å². The molecule has 14 heteroatoms. The average Bonchev–Trinajstić information content (AvgIpc) is 3.28. The predicted octanol–water partition coefficient (Wildman–Crippen LogP) is 5.71. The van der Waals surface area contributed by atoms with Crippen LogP contribution in [0.4, 0.5) is 0 Å². The Balaban J connectivity index is 1.84. The molecular weight excluding hydrogens is 811 g/mol. The zero-order valence-corrected chi connectivity index (χ0v) is 38.6. The third kappa shape index (κ3) is 23.8. The molecule has 2 heterocycles. The summed E-state index contributed by atoms with van der Waals surface area (Å²) in [6.45, 7) is 2.68. The summed E-state index contributed by atoms with van der Waals surface area (Å²) in [5.74, 6) is -0.259. The van der Waals surface area contributed by atoms with Crippen LogP contribution in [-0.4, -0.2) is 140 Å². The second kappa shape index (κ2) is 36.1. The maximum atomic E-state index is 13.1. The molecule has 14 nitrogen and oxygen atoms in total. The molecule has 9 N–H and O–H groups in total. The van der Waals surface area contributed by atoms with E-state index >= 15 is 0 Å². The van der Waals surface area contributed by atoms with Gasteiger partial charge in [0.1, 0.15) is 48.8 Å². The van der Waals surface area contributed by atoms with Crippen LogP contribution in [0.1, 0.15) is 162 Å². The van der Waals surface area contributed by atoms with E-state index in [1.807, 2.05) is 6.08 Å². The lowest BCUT2D eigenvalue weighted by atomic mass is 9.97. The summed E-state index contributed by atoms with van der Waals surface area (Å²) in [6, 6.07) is -0.931. The van der Waals surface area contributed by atoms with Crippen molar-refractivity contribution in [1.82, 2.24) is 5.32 Å². The summed E-state index contributed by atoms with van der Waals surface area (Å²) < 4.78 is 22.6. The number of carbonyl (C=O) groups is 1. The lowest BCUT2D eigenvalue weighted by Crippen LogP contribution is -2.65. The number of aliphatic hydroxyl groups is 8. The first-order valence-corrected chi connectivity index (χ1v) is 24.4. The van der Waals surface area contributed by atoms with Crippen molar-refractivity contribution in [2.24, 2.45) is 0 Å². The molecule has 0 bridgehead atoms. The third-order valence-electron chi connectivity index (χ3n) is 11.7.